The van der Waals surface area contributed by atoms with Gasteiger partial charge in [-0.05, 0) is 49.2 Å². The van der Waals surface area contributed by atoms with E-state index in [1.165, 1.54) is 17.8 Å². The second kappa shape index (κ2) is 12.3. The van der Waals surface area contributed by atoms with Gasteiger partial charge < -0.3 is 15.2 Å². The molecule has 1 aromatic carbocycles. The molecule has 0 bridgehead atoms. The first-order valence-corrected chi connectivity index (χ1v) is 10.8. The summed E-state index contributed by atoms with van der Waals surface area (Å²) in [5.41, 5.74) is 1.22. The molecule has 0 atom stereocenters. The molecule has 0 amide bonds. The lowest BCUT2D eigenvalue weighted by molar-refractivity contribution is 0.0285. The summed E-state index contributed by atoms with van der Waals surface area (Å²) in [5.74, 6) is 1.55. The summed E-state index contributed by atoms with van der Waals surface area (Å²) in [6.45, 7) is 3.52. The molecule has 7 nitrogen and oxygen atoms in total. The van der Waals surface area contributed by atoms with Crippen LogP contribution < -0.4 is 10.1 Å². The fourth-order valence-electron chi connectivity index (χ4n) is 2.37. The van der Waals surface area contributed by atoms with Crippen molar-refractivity contribution in [3.05, 3.63) is 77.4 Å². The molecule has 2 rings (SSSR count). The van der Waals surface area contributed by atoms with Gasteiger partial charge in [-0.2, -0.15) is 10.5 Å². The molecule has 0 fully saturated rings. The van der Waals surface area contributed by atoms with E-state index in [0.717, 1.165) is 11.1 Å². The van der Waals surface area contributed by atoms with Crippen LogP contribution in [-0.4, -0.2) is 34.4 Å². The number of thioether (sulfide) groups is 1. The van der Waals surface area contributed by atoms with Crippen molar-refractivity contribution < 1.29 is 9.84 Å². The minimum atomic E-state index is -0.925. The number of allylic oxidation sites excluding steroid dienone is 1. The van der Waals surface area contributed by atoms with Gasteiger partial charge in [0.05, 0.1) is 23.3 Å². The zero-order valence-corrected chi connectivity index (χ0v) is 19.1. The quantitative estimate of drug-likeness (QED) is 0.338. The predicted octanol–water partition coefficient (Wildman–Crippen LogP) is 4.05. The fourth-order valence-corrected chi connectivity index (χ4v) is 3.26. The Morgan fingerprint density at radius 2 is 2.03 bits per heavy atom. The molecule has 0 aliphatic rings. The van der Waals surface area contributed by atoms with Crippen LogP contribution in [0, 0.1) is 22.7 Å². The Bertz CT molecular complexity index is 1060. The van der Waals surface area contributed by atoms with Crippen molar-refractivity contribution in [2.45, 2.75) is 25.2 Å². The first-order chi connectivity index (χ1) is 15.3. The molecular weight excluding hydrogens is 422 g/mol. The van der Waals surface area contributed by atoms with Gasteiger partial charge in [0.25, 0.3) is 0 Å². The lowest BCUT2D eigenvalue weighted by Crippen LogP contribution is -2.27. The second-order valence-corrected chi connectivity index (χ2v) is 8.28. The molecule has 0 unspecified atom stereocenters. The molecule has 0 aliphatic heterocycles. The molecular formula is C24H25N5O2S. The van der Waals surface area contributed by atoms with E-state index < -0.39 is 5.60 Å². The van der Waals surface area contributed by atoms with Crippen molar-refractivity contribution in [2.24, 2.45) is 4.99 Å². The highest BCUT2D eigenvalue weighted by atomic mass is 32.2. The van der Waals surface area contributed by atoms with E-state index in [9.17, 15) is 10.4 Å². The number of ether oxygens (including phenoxy) is 1. The minimum Gasteiger partial charge on any atom is -0.491 e. The fraction of sp³-hybridized carbons (Fsp3) is 0.250. The SMILES string of the molecule is CNC(=C\C#N)/N=C(SCc1cccnc1)\C(C#N)=C\c1ccc(OCC(C)(C)O)cc1. The molecule has 0 aliphatic carbocycles. The highest BCUT2D eigenvalue weighted by Gasteiger charge is 2.13. The van der Waals surface area contributed by atoms with E-state index in [0.29, 0.717) is 27.9 Å². The summed E-state index contributed by atoms with van der Waals surface area (Å²) in [6.07, 6.45) is 6.48. The molecule has 0 radical (unpaired) electrons. The van der Waals surface area contributed by atoms with Crippen LogP contribution >= 0.6 is 11.8 Å². The van der Waals surface area contributed by atoms with Crippen LogP contribution in [0.3, 0.4) is 0 Å². The zero-order valence-electron chi connectivity index (χ0n) is 18.2. The van der Waals surface area contributed by atoms with Gasteiger partial charge in [-0.25, -0.2) is 4.99 Å². The molecule has 8 heteroatoms. The number of hydrogen-bond acceptors (Lipinski definition) is 8. The molecule has 2 aromatic rings. The van der Waals surface area contributed by atoms with E-state index in [1.54, 1.807) is 51.5 Å². The van der Waals surface area contributed by atoms with Crippen LogP contribution in [0.15, 0.2) is 71.3 Å². The Morgan fingerprint density at radius 3 is 2.59 bits per heavy atom. The summed E-state index contributed by atoms with van der Waals surface area (Å²) in [6, 6.07) is 15.2. The first kappa shape index (κ1) is 24.7. The largest absolute Gasteiger partial charge is 0.491 e. The second-order valence-electron chi connectivity index (χ2n) is 7.32. The first-order valence-electron chi connectivity index (χ1n) is 9.80. The number of aromatic nitrogens is 1. The number of aliphatic hydroxyl groups is 1. The summed E-state index contributed by atoms with van der Waals surface area (Å²) in [4.78, 5) is 8.60. The van der Waals surface area contributed by atoms with E-state index in [2.05, 4.69) is 21.4 Å². The molecule has 1 heterocycles. The maximum absolute atomic E-state index is 9.82. The van der Waals surface area contributed by atoms with Crippen molar-refractivity contribution in [1.29, 1.82) is 10.5 Å². The third kappa shape index (κ3) is 8.65. The molecule has 0 saturated carbocycles. The van der Waals surface area contributed by atoms with Crippen LogP contribution in [0.2, 0.25) is 0 Å². The molecule has 0 spiro atoms. The molecule has 1 aromatic heterocycles. The van der Waals surface area contributed by atoms with Crippen molar-refractivity contribution in [3.8, 4) is 17.9 Å². The van der Waals surface area contributed by atoms with E-state index in [-0.39, 0.29) is 6.61 Å². The van der Waals surface area contributed by atoms with Gasteiger partial charge in [-0.3, -0.25) is 4.98 Å². The number of benzene rings is 1. The Kier molecular flexibility index (Phi) is 9.49. The number of nitrogens with zero attached hydrogens (tertiary/aromatic N) is 4. The monoisotopic (exact) mass is 447 g/mol. The third-order valence-electron chi connectivity index (χ3n) is 3.91. The average molecular weight is 448 g/mol. The highest BCUT2D eigenvalue weighted by molar-refractivity contribution is 8.13. The number of pyridine rings is 1. The van der Waals surface area contributed by atoms with Crippen LogP contribution in [-0.2, 0) is 5.75 Å². The van der Waals surface area contributed by atoms with Crippen LogP contribution in [0.4, 0.5) is 0 Å². The topological polar surface area (TPSA) is 114 Å². The van der Waals surface area contributed by atoms with E-state index >= 15 is 0 Å². The van der Waals surface area contributed by atoms with Crippen molar-refractivity contribution in [1.82, 2.24) is 10.3 Å². The van der Waals surface area contributed by atoms with Crippen LogP contribution in [0.25, 0.3) is 6.08 Å². The summed E-state index contributed by atoms with van der Waals surface area (Å²) in [5, 5.41) is 31.9. The van der Waals surface area contributed by atoms with Gasteiger partial charge in [-0.1, -0.05) is 18.2 Å². The Morgan fingerprint density at radius 1 is 1.28 bits per heavy atom. The van der Waals surface area contributed by atoms with E-state index in [1.807, 2.05) is 30.3 Å². The minimum absolute atomic E-state index is 0.172. The normalized spacial score (nSPS) is 12.6. The van der Waals surface area contributed by atoms with Crippen molar-refractivity contribution >= 4 is 22.9 Å². The Labute approximate surface area is 192 Å². The number of aliphatic imine (C=N–C) groups is 1. The van der Waals surface area contributed by atoms with Crippen molar-refractivity contribution in [3.63, 3.8) is 0 Å². The van der Waals surface area contributed by atoms with Crippen LogP contribution in [0.5, 0.6) is 5.75 Å². The highest BCUT2D eigenvalue weighted by Crippen LogP contribution is 2.22. The lowest BCUT2D eigenvalue weighted by atomic mass is 10.1. The summed E-state index contributed by atoms with van der Waals surface area (Å²) >= 11 is 1.39. The molecule has 32 heavy (non-hydrogen) atoms. The van der Waals surface area contributed by atoms with Gasteiger partial charge in [-0.15, -0.1) is 11.8 Å². The Hall–Kier alpha value is -3.59. The number of nitrogens with one attached hydrogen (secondary N) is 1. The number of rotatable bonds is 9. The zero-order chi connectivity index (χ0) is 23.4. The molecule has 164 valence electrons. The third-order valence-corrected chi connectivity index (χ3v) is 4.97. The van der Waals surface area contributed by atoms with Crippen molar-refractivity contribution in [2.75, 3.05) is 13.7 Å². The number of hydrogen-bond donors (Lipinski definition) is 2. The number of nitriles is 2. The summed E-state index contributed by atoms with van der Waals surface area (Å²) < 4.78 is 5.57. The van der Waals surface area contributed by atoms with Gasteiger partial charge >= 0.3 is 0 Å². The lowest BCUT2D eigenvalue weighted by Gasteiger charge is -2.17. The Balaban J connectivity index is 2.29. The maximum Gasteiger partial charge on any atom is 0.137 e. The van der Waals surface area contributed by atoms with Gasteiger partial charge in [0.1, 0.15) is 29.3 Å². The standard InChI is InChI=1S/C24H25N5O2S/c1-24(2,30)17-31-21-8-6-18(7-9-21)13-20(14-26)23(29-22(27-3)10-11-25)32-16-19-5-4-12-28-15-19/h4-10,12-13,15,27,30H,16-17H2,1-3H3/b20-13+,22-10+,29-23+. The smallest absolute Gasteiger partial charge is 0.137 e. The molecule has 2 N–H and O–H groups in total. The van der Waals surface area contributed by atoms with Gasteiger partial charge in [0, 0.05) is 25.2 Å². The van der Waals surface area contributed by atoms with Gasteiger partial charge in [0.15, 0.2) is 0 Å². The summed E-state index contributed by atoms with van der Waals surface area (Å²) in [7, 11) is 1.66. The predicted molar refractivity (Wildman–Crippen MR) is 128 cm³/mol. The van der Waals surface area contributed by atoms with Gasteiger partial charge in [0.2, 0.25) is 0 Å². The average Bonchev–Trinajstić information content (AvgIpc) is 2.79. The molecule has 0 saturated heterocycles. The van der Waals surface area contributed by atoms with E-state index in [4.69, 9.17) is 10.00 Å². The van der Waals surface area contributed by atoms with Crippen LogP contribution in [0.1, 0.15) is 25.0 Å². The maximum atomic E-state index is 9.82.